The zero-order chi connectivity index (χ0) is 17.6. The molecule has 2 aromatic rings. The number of carbonyl (C=O) groups is 1. The number of anilines is 3. The summed E-state index contributed by atoms with van der Waals surface area (Å²) in [4.78, 5) is 14.7. The van der Waals surface area contributed by atoms with Gasteiger partial charge in [0.1, 0.15) is 0 Å². The quantitative estimate of drug-likeness (QED) is 0.780. The SMILES string of the molecule is CC(C)c1ccccc1NC(=O)Nc1ccc(N2CCCCC2)cc1. The van der Waals surface area contributed by atoms with Crippen LogP contribution in [0.25, 0.3) is 0 Å². The standard InChI is InChI=1S/C21H27N3O/c1-16(2)19-8-4-5-9-20(19)23-21(25)22-17-10-12-18(13-11-17)24-14-6-3-7-15-24/h4-5,8-13,16H,3,6-7,14-15H2,1-2H3,(H2,22,23,25). The third-order valence-corrected chi connectivity index (χ3v) is 4.68. The zero-order valence-corrected chi connectivity index (χ0v) is 15.1. The maximum atomic E-state index is 12.3. The number of amides is 2. The second kappa shape index (κ2) is 8.06. The molecule has 2 amide bonds. The zero-order valence-electron chi connectivity index (χ0n) is 15.1. The summed E-state index contributed by atoms with van der Waals surface area (Å²) in [6.07, 6.45) is 3.85. The van der Waals surface area contributed by atoms with E-state index in [0.717, 1.165) is 30.0 Å². The fourth-order valence-electron chi connectivity index (χ4n) is 3.31. The molecule has 1 heterocycles. The average molecular weight is 337 g/mol. The fraction of sp³-hybridized carbons (Fsp3) is 0.381. The Hall–Kier alpha value is -2.49. The number of benzene rings is 2. The highest BCUT2D eigenvalue weighted by atomic mass is 16.2. The van der Waals surface area contributed by atoms with Gasteiger partial charge < -0.3 is 15.5 Å². The molecule has 0 spiro atoms. The molecule has 0 saturated carbocycles. The van der Waals surface area contributed by atoms with Crippen molar-refractivity contribution in [3.63, 3.8) is 0 Å². The lowest BCUT2D eigenvalue weighted by Gasteiger charge is -2.28. The molecule has 1 aliphatic rings. The van der Waals surface area contributed by atoms with E-state index in [9.17, 15) is 4.79 Å². The Morgan fingerprint density at radius 3 is 2.28 bits per heavy atom. The van der Waals surface area contributed by atoms with Crippen molar-refractivity contribution in [1.82, 2.24) is 0 Å². The molecule has 0 radical (unpaired) electrons. The first-order valence-corrected chi connectivity index (χ1v) is 9.15. The molecular weight excluding hydrogens is 310 g/mol. The van der Waals surface area contributed by atoms with Crippen LogP contribution in [0.1, 0.15) is 44.6 Å². The van der Waals surface area contributed by atoms with Crippen molar-refractivity contribution < 1.29 is 4.79 Å². The van der Waals surface area contributed by atoms with E-state index in [1.807, 2.05) is 36.4 Å². The van der Waals surface area contributed by atoms with Gasteiger partial charge in [0.15, 0.2) is 0 Å². The summed E-state index contributed by atoms with van der Waals surface area (Å²) < 4.78 is 0. The fourth-order valence-corrected chi connectivity index (χ4v) is 3.31. The van der Waals surface area contributed by atoms with Crippen LogP contribution in [0.4, 0.5) is 21.9 Å². The summed E-state index contributed by atoms with van der Waals surface area (Å²) in [7, 11) is 0. The molecule has 2 aromatic carbocycles. The van der Waals surface area contributed by atoms with E-state index in [1.54, 1.807) is 0 Å². The van der Waals surface area contributed by atoms with E-state index in [0.29, 0.717) is 5.92 Å². The van der Waals surface area contributed by atoms with Crippen molar-refractivity contribution in [2.45, 2.75) is 39.0 Å². The first-order valence-electron chi connectivity index (χ1n) is 9.15. The molecular formula is C21H27N3O. The van der Waals surface area contributed by atoms with Crippen LogP contribution < -0.4 is 15.5 Å². The number of piperidine rings is 1. The Morgan fingerprint density at radius 1 is 0.920 bits per heavy atom. The van der Waals surface area contributed by atoms with E-state index in [4.69, 9.17) is 0 Å². The Balaban J connectivity index is 1.61. The van der Waals surface area contributed by atoms with Gasteiger partial charge in [0.05, 0.1) is 0 Å². The predicted octanol–water partition coefficient (Wildman–Crippen LogP) is 5.44. The van der Waals surface area contributed by atoms with Crippen molar-refractivity contribution in [3.8, 4) is 0 Å². The minimum atomic E-state index is -0.209. The summed E-state index contributed by atoms with van der Waals surface area (Å²) in [5.41, 5.74) is 4.04. The highest BCUT2D eigenvalue weighted by molar-refractivity contribution is 6.00. The van der Waals surface area contributed by atoms with Crippen LogP contribution in [0.2, 0.25) is 0 Å². The van der Waals surface area contributed by atoms with Crippen molar-refractivity contribution in [2.75, 3.05) is 28.6 Å². The molecule has 4 nitrogen and oxygen atoms in total. The van der Waals surface area contributed by atoms with Crippen LogP contribution in [-0.4, -0.2) is 19.1 Å². The van der Waals surface area contributed by atoms with E-state index >= 15 is 0 Å². The second-order valence-electron chi connectivity index (χ2n) is 6.92. The topological polar surface area (TPSA) is 44.4 Å². The third kappa shape index (κ3) is 4.53. The minimum Gasteiger partial charge on any atom is -0.372 e. The van der Waals surface area contributed by atoms with Gasteiger partial charge in [-0.15, -0.1) is 0 Å². The summed E-state index contributed by atoms with van der Waals surface area (Å²) in [5.74, 6) is 0.361. The summed E-state index contributed by atoms with van der Waals surface area (Å²) in [6.45, 7) is 6.49. The minimum absolute atomic E-state index is 0.209. The third-order valence-electron chi connectivity index (χ3n) is 4.68. The van der Waals surface area contributed by atoms with Crippen LogP contribution >= 0.6 is 0 Å². The average Bonchev–Trinajstić information content (AvgIpc) is 2.63. The van der Waals surface area contributed by atoms with Gasteiger partial charge in [-0.05, 0) is 61.1 Å². The monoisotopic (exact) mass is 337 g/mol. The predicted molar refractivity (Wildman–Crippen MR) is 106 cm³/mol. The van der Waals surface area contributed by atoms with Gasteiger partial charge >= 0.3 is 6.03 Å². The highest BCUT2D eigenvalue weighted by Crippen LogP contribution is 2.24. The molecule has 25 heavy (non-hydrogen) atoms. The van der Waals surface area contributed by atoms with E-state index < -0.39 is 0 Å². The second-order valence-corrected chi connectivity index (χ2v) is 6.92. The highest BCUT2D eigenvalue weighted by Gasteiger charge is 2.12. The lowest BCUT2D eigenvalue weighted by molar-refractivity contribution is 0.262. The molecule has 0 atom stereocenters. The van der Waals surface area contributed by atoms with E-state index in [-0.39, 0.29) is 6.03 Å². The van der Waals surface area contributed by atoms with Crippen LogP contribution in [0, 0.1) is 0 Å². The Bertz CT molecular complexity index is 703. The number of hydrogen-bond donors (Lipinski definition) is 2. The Kier molecular flexibility index (Phi) is 5.59. The van der Waals surface area contributed by atoms with Crippen LogP contribution in [0.5, 0.6) is 0 Å². The Morgan fingerprint density at radius 2 is 1.60 bits per heavy atom. The molecule has 1 saturated heterocycles. The molecule has 1 fully saturated rings. The van der Waals surface area contributed by atoms with Gasteiger partial charge in [0.25, 0.3) is 0 Å². The maximum absolute atomic E-state index is 12.3. The van der Waals surface area contributed by atoms with Crippen molar-refractivity contribution in [1.29, 1.82) is 0 Å². The van der Waals surface area contributed by atoms with Gasteiger partial charge in [0.2, 0.25) is 0 Å². The number of nitrogens with one attached hydrogen (secondary N) is 2. The molecule has 1 aliphatic heterocycles. The first-order chi connectivity index (χ1) is 12.1. The summed E-state index contributed by atoms with van der Waals surface area (Å²) >= 11 is 0. The molecule has 0 unspecified atom stereocenters. The Labute approximate surface area is 150 Å². The lowest BCUT2D eigenvalue weighted by atomic mass is 10.0. The number of hydrogen-bond acceptors (Lipinski definition) is 2. The van der Waals surface area contributed by atoms with Gasteiger partial charge in [-0.1, -0.05) is 32.0 Å². The molecule has 4 heteroatoms. The van der Waals surface area contributed by atoms with Gasteiger partial charge in [0, 0.05) is 30.2 Å². The van der Waals surface area contributed by atoms with E-state index in [1.165, 1.54) is 24.9 Å². The van der Waals surface area contributed by atoms with Crippen molar-refractivity contribution in [3.05, 3.63) is 54.1 Å². The number of para-hydroxylation sites is 1. The smallest absolute Gasteiger partial charge is 0.323 e. The van der Waals surface area contributed by atoms with Crippen LogP contribution in [0.3, 0.4) is 0 Å². The largest absolute Gasteiger partial charge is 0.372 e. The van der Waals surface area contributed by atoms with Gasteiger partial charge in [-0.25, -0.2) is 4.79 Å². The van der Waals surface area contributed by atoms with Crippen LogP contribution in [0.15, 0.2) is 48.5 Å². The summed E-state index contributed by atoms with van der Waals surface area (Å²) in [6, 6.07) is 15.8. The van der Waals surface area contributed by atoms with Crippen molar-refractivity contribution in [2.24, 2.45) is 0 Å². The number of carbonyl (C=O) groups excluding carboxylic acids is 1. The summed E-state index contributed by atoms with van der Waals surface area (Å²) in [5, 5.41) is 5.88. The van der Waals surface area contributed by atoms with Crippen LogP contribution in [-0.2, 0) is 0 Å². The van der Waals surface area contributed by atoms with Gasteiger partial charge in [-0.2, -0.15) is 0 Å². The van der Waals surface area contributed by atoms with Gasteiger partial charge in [-0.3, -0.25) is 0 Å². The van der Waals surface area contributed by atoms with Crippen molar-refractivity contribution >= 4 is 23.1 Å². The normalized spacial score (nSPS) is 14.4. The molecule has 0 bridgehead atoms. The molecule has 0 aromatic heterocycles. The maximum Gasteiger partial charge on any atom is 0.323 e. The molecule has 132 valence electrons. The first kappa shape index (κ1) is 17.3. The lowest BCUT2D eigenvalue weighted by Crippen LogP contribution is -2.29. The number of rotatable bonds is 4. The number of nitrogens with zero attached hydrogens (tertiary/aromatic N) is 1. The molecule has 0 aliphatic carbocycles. The molecule has 3 rings (SSSR count). The molecule has 2 N–H and O–H groups in total. The number of urea groups is 1. The van der Waals surface area contributed by atoms with E-state index in [2.05, 4.69) is 41.5 Å².